The number of hydrogen-bond acceptors (Lipinski definition) is 4. The van der Waals surface area contributed by atoms with E-state index in [1.165, 1.54) is 0 Å². The van der Waals surface area contributed by atoms with Crippen molar-refractivity contribution in [3.63, 3.8) is 0 Å². The summed E-state index contributed by atoms with van der Waals surface area (Å²) < 4.78 is 7.06. The topological polar surface area (TPSA) is 82.2 Å². The van der Waals surface area contributed by atoms with Gasteiger partial charge in [0.1, 0.15) is 0 Å². The van der Waals surface area contributed by atoms with Crippen molar-refractivity contribution in [2.45, 2.75) is 25.9 Å². The first-order valence-electron chi connectivity index (χ1n) is 4.83. The van der Waals surface area contributed by atoms with E-state index in [-0.39, 0.29) is 5.91 Å². The first-order chi connectivity index (χ1) is 7.17. The van der Waals surface area contributed by atoms with Gasteiger partial charge in [-0.05, 0) is 6.42 Å². The van der Waals surface area contributed by atoms with Crippen LogP contribution >= 0.6 is 0 Å². The van der Waals surface area contributed by atoms with Crippen LogP contribution in [-0.4, -0.2) is 21.8 Å². The summed E-state index contributed by atoms with van der Waals surface area (Å²) >= 11 is 0. The Balaban J connectivity index is 2.62. The predicted octanol–water partition coefficient (Wildman–Crippen LogP) is -0.0425. The van der Waals surface area contributed by atoms with Crippen molar-refractivity contribution >= 4 is 5.91 Å². The van der Waals surface area contributed by atoms with Crippen LogP contribution < -0.4 is 16.0 Å². The number of aromatic nitrogens is 2. The highest BCUT2D eigenvalue weighted by Gasteiger charge is 2.18. The zero-order chi connectivity index (χ0) is 11.3. The Bertz CT molecular complexity index is 324. The Hall–Kier alpha value is -1.56. The molecule has 0 spiro atoms. The largest absolute Gasteiger partial charge is 0.477 e. The molecule has 0 radical (unpaired) electrons. The molecule has 0 aliphatic carbocycles. The van der Waals surface area contributed by atoms with Crippen molar-refractivity contribution in [2.75, 3.05) is 0 Å². The van der Waals surface area contributed by atoms with Crippen molar-refractivity contribution in [3.8, 4) is 5.75 Å². The van der Waals surface area contributed by atoms with Gasteiger partial charge in [0.2, 0.25) is 0 Å². The molecule has 0 saturated heterocycles. The van der Waals surface area contributed by atoms with Gasteiger partial charge in [0.05, 0.1) is 12.4 Å². The maximum Gasteiger partial charge on any atom is 0.274 e. The third-order valence-corrected chi connectivity index (χ3v) is 1.95. The molecular weight excluding hydrogens is 196 g/mol. The minimum atomic E-state index is -0.552. The van der Waals surface area contributed by atoms with Gasteiger partial charge in [0.25, 0.3) is 5.91 Å². The van der Waals surface area contributed by atoms with Crippen LogP contribution in [0, 0.1) is 0 Å². The number of nitrogens with two attached hydrogens (primary N) is 1. The Labute approximate surface area is 88.4 Å². The number of hydrogen-bond donors (Lipinski definition) is 2. The van der Waals surface area contributed by atoms with Crippen LogP contribution in [0.1, 0.15) is 19.8 Å². The van der Waals surface area contributed by atoms with Crippen molar-refractivity contribution in [1.82, 2.24) is 15.2 Å². The second kappa shape index (κ2) is 5.35. The van der Waals surface area contributed by atoms with Gasteiger partial charge in [-0.1, -0.05) is 13.3 Å². The molecule has 1 rings (SSSR count). The van der Waals surface area contributed by atoms with E-state index in [2.05, 4.69) is 10.5 Å². The van der Waals surface area contributed by atoms with Crippen molar-refractivity contribution in [2.24, 2.45) is 12.9 Å². The van der Waals surface area contributed by atoms with Gasteiger partial charge in [-0.15, -0.1) is 0 Å². The Kier molecular flexibility index (Phi) is 4.11. The maximum atomic E-state index is 11.3. The summed E-state index contributed by atoms with van der Waals surface area (Å²) in [7, 11) is 1.78. The van der Waals surface area contributed by atoms with Crippen LogP contribution in [0.4, 0.5) is 0 Å². The molecule has 1 aromatic rings. The van der Waals surface area contributed by atoms with Gasteiger partial charge in [-0.3, -0.25) is 14.9 Å². The number of hydrazine groups is 1. The Morgan fingerprint density at radius 3 is 3.00 bits per heavy atom. The van der Waals surface area contributed by atoms with E-state index in [4.69, 9.17) is 10.6 Å². The van der Waals surface area contributed by atoms with Crippen LogP contribution in [0.15, 0.2) is 12.4 Å². The first-order valence-corrected chi connectivity index (χ1v) is 4.83. The second-order valence-corrected chi connectivity index (χ2v) is 3.25. The average molecular weight is 212 g/mol. The minimum absolute atomic E-state index is 0.319. The van der Waals surface area contributed by atoms with E-state index in [0.717, 1.165) is 6.42 Å². The lowest BCUT2D eigenvalue weighted by molar-refractivity contribution is -0.128. The quantitative estimate of drug-likeness (QED) is 0.407. The fourth-order valence-electron chi connectivity index (χ4n) is 1.22. The Morgan fingerprint density at radius 2 is 2.53 bits per heavy atom. The van der Waals surface area contributed by atoms with Gasteiger partial charge in [0, 0.05) is 7.05 Å². The highest BCUT2D eigenvalue weighted by molar-refractivity contribution is 5.80. The summed E-state index contributed by atoms with van der Waals surface area (Å²) in [4.78, 5) is 11.3. The molecule has 0 aliphatic heterocycles. The van der Waals surface area contributed by atoms with Gasteiger partial charge in [-0.2, -0.15) is 5.10 Å². The molecule has 0 aromatic carbocycles. The zero-order valence-electron chi connectivity index (χ0n) is 8.93. The number of carbonyl (C=O) groups is 1. The molecule has 0 fully saturated rings. The van der Waals surface area contributed by atoms with E-state index >= 15 is 0 Å². The highest BCUT2D eigenvalue weighted by Crippen LogP contribution is 2.12. The average Bonchev–Trinajstić information content (AvgIpc) is 2.62. The number of ether oxygens (including phenoxy) is 1. The van der Waals surface area contributed by atoms with Crippen LogP contribution in [0.3, 0.4) is 0 Å². The van der Waals surface area contributed by atoms with E-state index < -0.39 is 6.10 Å². The lowest BCUT2D eigenvalue weighted by atomic mass is 10.2. The number of amides is 1. The molecular formula is C9H16N4O2. The summed E-state index contributed by atoms with van der Waals surface area (Å²) in [6.07, 6.45) is 4.18. The summed E-state index contributed by atoms with van der Waals surface area (Å²) in [6.45, 7) is 1.98. The summed E-state index contributed by atoms with van der Waals surface area (Å²) in [5.41, 5.74) is 2.09. The second-order valence-electron chi connectivity index (χ2n) is 3.25. The third kappa shape index (κ3) is 3.25. The normalized spacial score (nSPS) is 12.2. The minimum Gasteiger partial charge on any atom is -0.477 e. The lowest BCUT2D eigenvalue weighted by Crippen LogP contribution is -2.42. The van der Waals surface area contributed by atoms with Crippen molar-refractivity contribution in [3.05, 3.63) is 12.4 Å². The first kappa shape index (κ1) is 11.5. The number of carbonyl (C=O) groups excluding carboxylic acids is 1. The SMILES string of the molecule is CCCC(Oc1cnn(C)c1)C(=O)NN. The smallest absolute Gasteiger partial charge is 0.274 e. The third-order valence-electron chi connectivity index (χ3n) is 1.95. The number of nitrogens with zero attached hydrogens (tertiary/aromatic N) is 2. The van der Waals surface area contributed by atoms with Gasteiger partial charge >= 0.3 is 0 Å². The van der Waals surface area contributed by atoms with E-state index in [1.807, 2.05) is 6.92 Å². The molecule has 1 amide bonds. The molecule has 15 heavy (non-hydrogen) atoms. The molecule has 0 aliphatic rings. The lowest BCUT2D eigenvalue weighted by Gasteiger charge is -2.14. The molecule has 1 unspecified atom stereocenters. The zero-order valence-corrected chi connectivity index (χ0v) is 8.93. The number of nitrogens with one attached hydrogen (secondary N) is 1. The summed E-state index contributed by atoms with van der Waals surface area (Å²) in [5.74, 6) is 5.31. The Morgan fingerprint density at radius 1 is 1.80 bits per heavy atom. The van der Waals surface area contributed by atoms with Crippen LogP contribution in [0.25, 0.3) is 0 Å². The number of aryl methyl sites for hydroxylation is 1. The molecule has 1 heterocycles. The molecule has 0 saturated carbocycles. The fourth-order valence-corrected chi connectivity index (χ4v) is 1.22. The molecule has 3 N–H and O–H groups in total. The van der Waals surface area contributed by atoms with Gasteiger partial charge in [0.15, 0.2) is 11.9 Å². The van der Waals surface area contributed by atoms with Crippen LogP contribution in [0.2, 0.25) is 0 Å². The summed E-state index contributed by atoms with van der Waals surface area (Å²) in [5, 5.41) is 3.94. The van der Waals surface area contributed by atoms with Crippen molar-refractivity contribution in [1.29, 1.82) is 0 Å². The molecule has 6 heteroatoms. The van der Waals surface area contributed by atoms with E-state index in [9.17, 15) is 4.79 Å². The highest BCUT2D eigenvalue weighted by atomic mass is 16.5. The molecule has 0 bridgehead atoms. The fraction of sp³-hybridized carbons (Fsp3) is 0.556. The molecule has 1 aromatic heterocycles. The molecule has 6 nitrogen and oxygen atoms in total. The van der Waals surface area contributed by atoms with Crippen LogP contribution in [0.5, 0.6) is 5.75 Å². The maximum absolute atomic E-state index is 11.3. The predicted molar refractivity (Wildman–Crippen MR) is 54.9 cm³/mol. The summed E-state index contributed by atoms with van der Waals surface area (Å²) in [6, 6.07) is 0. The van der Waals surface area contributed by atoms with E-state index in [1.54, 1.807) is 24.1 Å². The van der Waals surface area contributed by atoms with Gasteiger partial charge < -0.3 is 4.74 Å². The van der Waals surface area contributed by atoms with E-state index in [0.29, 0.717) is 12.2 Å². The molecule has 84 valence electrons. The standard InChI is InChI=1S/C9H16N4O2/c1-3-4-8(9(14)12-10)15-7-5-11-13(2)6-7/h5-6,8H,3-4,10H2,1-2H3,(H,12,14). The van der Waals surface area contributed by atoms with Gasteiger partial charge in [-0.25, -0.2) is 5.84 Å². The molecule has 1 atom stereocenters. The number of rotatable bonds is 5. The van der Waals surface area contributed by atoms with Crippen molar-refractivity contribution < 1.29 is 9.53 Å². The monoisotopic (exact) mass is 212 g/mol. The van der Waals surface area contributed by atoms with Crippen LogP contribution in [-0.2, 0) is 11.8 Å².